The second-order valence-corrected chi connectivity index (χ2v) is 5.27. The molecule has 0 aliphatic rings. The molecular weight excluding hydrogens is 236 g/mol. The zero-order valence-corrected chi connectivity index (χ0v) is 11.9. The number of carbonyl (C=O) groups excluding carboxylic acids is 1. The van der Waals surface area contributed by atoms with Gasteiger partial charge in [0.25, 0.3) is 0 Å². The van der Waals surface area contributed by atoms with Crippen molar-refractivity contribution in [2.45, 2.75) is 33.4 Å². The number of esters is 1. The lowest BCUT2D eigenvalue weighted by atomic mass is 10.0. The molecule has 0 amide bonds. The van der Waals surface area contributed by atoms with Crippen LogP contribution in [0.25, 0.3) is 0 Å². The summed E-state index contributed by atoms with van der Waals surface area (Å²) in [6, 6.07) is 0.143. The van der Waals surface area contributed by atoms with E-state index in [-0.39, 0.29) is 17.9 Å². The van der Waals surface area contributed by atoms with Gasteiger partial charge >= 0.3 is 5.97 Å². The topological polar surface area (TPSA) is 42.4 Å². The largest absolute Gasteiger partial charge is 0.469 e. The number of hydrogen-bond donors (Lipinski definition) is 0. The summed E-state index contributed by atoms with van der Waals surface area (Å²) in [4.78, 5) is 19.1. The average Bonchev–Trinajstić information content (AvgIpc) is 2.72. The molecule has 1 aromatic heterocycles. The van der Waals surface area contributed by atoms with E-state index >= 15 is 0 Å². The fourth-order valence-corrected chi connectivity index (χ4v) is 2.45. The van der Waals surface area contributed by atoms with Crippen LogP contribution in [0.4, 0.5) is 0 Å². The van der Waals surface area contributed by atoms with Crippen LogP contribution in [0.3, 0.4) is 0 Å². The van der Waals surface area contributed by atoms with E-state index in [0.29, 0.717) is 0 Å². The van der Waals surface area contributed by atoms with E-state index in [1.807, 2.05) is 33.3 Å². The van der Waals surface area contributed by atoms with Gasteiger partial charge in [-0.15, -0.1) is 11.3 Å². The average molecular weight is 256 g/mol. The molecular formula is C12H20N2O2S. The van der Waals surface area contributed by atoms with Gasteiger partial charge in [0.05, 0.1) is 24.2 Å². The normalized spacial score (nSPS) is 14.7. The molecule has 0 radical (unpaired) electrons. The van der Waals surface area contributed by atoms with Crippen LogP contribution in [0.5, 0.6) is 0 Å². The number of ether oxygens (including phenoxy) is 1. The van der Waals surface area contributed by atoms with Gasteiger partial charge in [0.2, 0.25) is 0 Å². The zero-order valence-electron chi connectivity index (χ0n) is 11.1. The minimum Gasteiger partial charge on any atom is -0.469 e. The van der Waals surface area contributed by atoms with Gasteiger partial charge in [-0.2, -0.15) is 0 Å². The number of nitrogens with zero attached hydrogens (tertiary/aromatic N) is 2. The Hall–Kier alpha value is -0.940. The van der Waals surface area contributed by atoms with Gasteiger partial charge in [0.1, 0.15) is 0 Å². The Morgan fingerprint density at radius 3 is 2.71 bits per heavy atom. The van der Waals surface area contributed by atoms with E-state index in [1.165, 1.54) is 12.0 Å². The molecule has 0 aliphatic carbocycles. The van der Waals surface area contributed by atoms with Crippen molar-refractivity contribution in [3.8, 4) is 0 Å². The van der Waals surface area contributed by atoms with E-state index in [9.17, 15) is 4.79 Å². The van der Waals surface area contributed by atoms with E-state index in [0.717, 1.165) is 12.2 Å². The Bertz CT molecular complexity index is 378. The van der Waals surface area contributed by atoms with Crippen LogP contribution in [-0.2, 0) is 16.1 Å². The number of rotatable bonds is 5. The molecule has 0 saturated carbocycles. The monoisotopic (exact) mass is 256 g/mol. The van der Waals surface area contributed by atoms with E-state index in [4.69, 9.17) is 4.74 Å². The highest BCUT2D eigenvalue weighted by molar-refractivity contribution is 7.09. The first-order chi connectivity index (χ1) is 7.97. The van der Waals surface area contributed by atoms with Gasteiger partial charge in [-0.25, -0.2) is 4.98 Å². The summed E-state index contributed by atoms with van der Waals surface area (Å²) in [6.45, 7) is 6.76. The number of carbonyl (C=O) groups is 1. The second-order valence-electron chi connectivity index (χ2n) is 4.33. The van der Waals surface area contributed by atoms with Crippen molar-refractivity contribution in [1.82, 2.24) is 9.88 Å². The van der Waals surface area contributed by atoms with E-state index in [1.54, 1.807) is 11.3 Å². The molecule has 4 nitrogen and oxygen atoms in total. The Kier molecular flexibility index (Phi) is 5.08. The van der Waals surface area contributed by atoms with Crippen molar-refractivity contribution in [3.63, 3.8) is 0 Å². The molecule has 1 rings (SSSR count). The molecule has 0 fully saturated rings. The third kappa shape index (κ3) is 3.51. The minimum atomic E-state index is -0.162. The zero-order chi connectivity index (χ0) is 13.0. The summed E-state index contributed by atoms with van der Waals surface area (Å²) in [5, 5.41) is 0. The van der Waals surface area contributed by atoms with Gasteiger partial charge in [0, 0.05) is 17.5 Å². The van der Waals surface area contributed by atoms with Crippen molar-refractivity contribution >= 4 is 17.3 Å². The van der Waals surface area contributed by atoms with Crippen LogP contribution in [0.15, 0.2) is 5.51 Å². The Balaban J connectivity index is 2.61. The highest BCUT2D eigenvalue weighted by Gasteiger charge is 2.24. The number of thiazole rings is 1. The lowest BCUT2D eigenvalue weighted by Crippen LogP contribution is -2.37. The summed E-state index contributed by atoms with van der Waals surface area (Å²) >= 11 is 1.65. The summed E-state index contributed by atoms with van der Waals surface area (Å²) in [5.74, 6) is -0.288. The van der Waals surface area contributed by atoms with Crippen molar-refractivity contribution in [2.75, 3.05) is 14.2 Å². The van der Waals surface area contributed by atoms with Crippen molar-refractivity contribution in [1.29, 1.82) is 0 Å². The SMILES string of the molecule is COC(=O)C(C)C(C)N(C)Cc1scnc1C. The Morgan fingerprint density at radius 1 is 1.59 bits per heavy atom. The fourth-order valence-electron chi connectivity index (χ4n) is 1.61. The molecule has 0 spiro atoms. The predicted octanol–water partition coefficient (Wildman–Crippen LogP) is 2.08. The molecule has 17 heavy (non-hydrogen) atoms. The molecule has 0 saturated heterocycles. The number of methoxy groups -OCH3 is 1. The third-order valence-electron chi connectivity index (χ3n) is 3.23. The van der Waals surface area contributed by atoms with Crippen LogP contribution in [0, 0.1) is 12.8 Å². The minimum absolute atomic E-state index is 0.127. The smallest absolute Gasteiger partial charge is 0.309 e. The molecule has 5 heteroatoms. The molecule has 2 atom stereocenters. The Morgan fingerprint density at radius 2 is 2.24 bits per heavy atom. The number of aryl methyl sites for hydroxylation is 1. The summed E-state index contributed by atoms with van der Waals surface area (Å²) in [7, 11) is 3.45. The van der Waals surface area contributed by atoms with Gasteiger partial charge in [-0.1, -0.05) is 6.92 Å². The van der Waals surface area contributed by atoms with Crippen LogP contribution in [-0.4, -0.2) is 36.1 Å². The molecule has 0 bridgehead atoms. The standard InChI is InChI=1S/C12H20N2O2S/c1-8(12(15)16-5)10(3)14(4)6-11-9(2)13-7-17-11/h7-8,10H,6H2,1-5H3. The number of aromatic nitrogens is 1. The van der Waals surface area contributed by atoms with Crippen molar-refractivity contribution < 1.29 is 9.53 Å². The summed E-state index contributed by atoms with van der Waals surface area (Å²) < 4.78 is 4.77. The maximum atomic E-state index is 11.5. The lowest BCUT2D eigenvalue weighted by Gasteiger charge is -2.28. The van der Waals surface area contributed by atoms with Crippen LogP contribution < -0.4 is 0 Å². The van der Waals surface area contributed by atoms with Gasteiger partial charge < -0.3 is 4.74 Å². The highest BCUT2D eigenvalue weighted by Crippen LogP contribution is 2.18. The maximum absolute atomic E-state index is 11.5. The first-order valence-corrected chi connectivity index (χ1v) is 6.52. The first-order valence-electron chi connectivity index (χ1n) is 5.64. The molecule has 1 heterocycles. The van der Waals surface area contributed by atoms with E-state index < -0.39 is 0 Å². The molecule has 96 valence electrons. The molecule has 1 aromatic rings. The molecule has 0 aliphatic heterocycles. The second kappa shape index (κ2) is 6.12. The van der Waals surface area contributed by atoms with Gasteiger partial charge in [-0.3, -0.25) is 9.69 Å². The van der Waals surface area contributed by atoms with Crippen LogP contribution in [0.1, 0.15) is 24.4 Å². The molecule has 0 aromatic carbocycles. The van der Waals surface area contributed by atoms with Crippen molar-refractivity contribution in [2.24, 2.45) is 5.92 Å². The van der Waals surface area contributed by atoms with Crippen LogP contribution >= 0.6 is 11.3 Å². The highest BCUT2D eigenvalue weighted by atomic mass is 32.1. The fraction of sp³-hybridized carbons (Fsp3) is 0.667. The molecule has 0 N–H and O–H groups in total. The van der Waals surface area contributed by atoms with Gasteiger partial charge in [-0.05, 0) is 20.9 Å². The first kappa shape index (κ1) is 14.1. The quantitative estimate of drug-likeness (QED) is 0.756. The lowest BCUT2D eigenvalue weighted by molar-refractivity contribution is -0.146. The summed E-state index contributed by atoms with van der Waals surface area (Å²) in [5.41, 5.74) is 2.92. The Labute approximate surface area is 107 Å². The van der Waals surface area contributed by atoms with E-state index in [2.05, 4.69) is 9.88 Å². The van der Waals surface area contributed by atoms with Crippen LogP contribution in [0.2, 0.25) is 0 Å². The third-order valence-corrected chi connectivity index (χ3v) is 4.15. The predicted molar refractivity (Wildman–Crippen MR) is 69.0 cm³/mol. The number of hydrogen-bond acceptors (Lipinski definition) is 5. The summed E-state index contributed by atoms with van der Waals surface area (Å²) in [6.07, 6.45) is 0. The maximum Gasteiger partial charge on any atom is 0.309 e. The van der Waals surface area contributed by atoms with Crippen molar-refractivity contribution in [3.05, 3.63) is 16.1 Å². The van der Waals surface area contributed by atoms with Gasteiger partial charge in [0.15, 0.2) is 0 Å². The molecule has 2 unspecified atom stereocenters.